The first kappa shape index (κ1) is 12.6. The van der Waals surface area contributed by atoms with Crippen LogP contribution in [0.2, 0.25) is 0 Å². The summed E-state index contributed by atoms with van der Waals surface area (Å²) in [5, 5.41) is 11.9. The Kier molecular flexibility index (Phi) is 4.18. The van der Waals surface area contributed by atoms with Gasteiger partial charge in [0, 0.05) is 30.7 Å². The molecule has 96 valence electrons. The Morgan fingerprint density at radius 2 is 2.06 bits per heavy atom. The molecular formula is C13H22N2O2. The van der Waals surface area contributed by atoms with E-state index in [1.165, 1.54) is 38.2 Å². The van der Waals surface area contributed by atoms with Crippen molar-refractivity contribution in [2.24, 2.45) is 0 Å². The first-order chi connectivity index (χ1) is 8.16. The Morgan fingerprint density at radius 3 is 2.65 bits per heavy atom. The van der Waals surface area contributed by atoms with Crippen molar-refractivity contribution in [3.05, 3.63) is 12.2 Å². The molecule has 4 heteroatoms. The van der Waals surface area contributed by atoms with Crippen molar-refractivity contribution in [1.82, 2.24) is 10.2 Å². The number of nitrogens with one attached hydrogen (secondary N) is 1. The van der Waals surface area contributed by atoms with Crippen LogP contribution in [0.15, 0.2) is 12.2 Å². The number of carbonyl (C=O) groups is 1. The smallest absolute Gasteiger partial charge is 0.328 e. The molecule has 2 fully saturated rings. The van der Waals surface area contributed by atoms with E-state index < -0.39 is 5.97 Å². The third-order valence-corrected chi connectivity index (χ3v) is 4.12. The van der Waals surface area contributed by atoms with Crippen molar-refractivity contribution in [3.63, 3.8) is 0 Å². The zero-order valence-electron chi connectivity index (χ0n) is 10.4. The number of carboxylic acid groups (broad SMARTS) is 1. The van der Waals surface area contributed by atoms with Gasteiger partial charge in [0.15, 0.2) is 0 Å². The fourth-order valence-electron chi connectivity index (χ4n) is 3.18. The summed E-state index contributed by atoms with van der Waals surface area (Å²) in [7, 11) is 2.25. The van der Waals surface area contributed by atoms with E-state index >= 15 is 0 Å². The van der Waals surface area contributed by atoms with Crippen LogP contribution in [-0.4, -0.2) is 47.7 Å². The van der Waals surface area contributed by atoms with Gasteiger partial charge in [-0.25, -0.2) is 4.79 Å². The molecule has 2 aliphatic rings. The average Bonchev–Trinajstić information content (AvgIpc) is 2.25. The molecule has 2 aliphatic heterocycles. The molecule has 2 heterocycles. The number of nitrogens with zero attached hydrogens (tertiary/aromatic N) is 1. The lowest BCUT2D eigenvalue weighted by atomic mass is 9.82. The summed E-state index contributed by atoms with van der Waals surface area (Å²) in [5.41, 5.74) is 0. The first-order valence-corrected chi connectivity index (χ1v) is 6.51. The lowest BCUT2D eigenvalue weighted by Gasteiger charge is -2.47. The molecule has 4 nitrogen and oxygen atoms in total. The minimum Gasteiger partial charge on any atom is -0.478 e. The molecule has 2 N–H and O–H groups in total. The van der Waals surface area contributed by atoms with Crippen LogP contribution >= 0.6 is 0 Å². The highest BCUT2D eigenvalue weighted by Gasteiger charge is 2.35. The second-order valence-corrected chi connectivity index (χ2v) is 5.22. The van der Waals surface area contributed by atoms with Crippen LogP contribution in [0.5, 0.6) is 0 Å². The van der Waals surface area contributed by atoms with E-state index in [-0.39, 0.29) is 0 Å². The van der Waals surface area contributed by atoms with Crippen LogP contribution in [0, 0.1) is 0 Å². The van der Waals surface area contributed by atoms with Gasteiger partial charge < -0.3 is 15.3 Å². The predicted molar refractivity (Wildman–Crippen MR) is 67.0 cm³/mol. The number of hydrogen-bond donors (Lipinski definition) is 2. The summed E-state index contributed by atoms with van der Waals surface area (Å²) < 4.78 is 0. The molecule has 2 rings (SSSR count). The van der Waals surface area contributed by atoms with Gasteiger partial charge in [-0.3, -0.25) is 0 Å². The molecular weight excluding hydrogens is 216 g/mol. The Morgan fingerprint density at radius 1 is 1.41 bits per heavy atom. The van der Waals surface area contributed by atoms with Gasteiger partial charge in [-0.05, 0) is 32.7 Å². The summed E-state index contributed by atoms with van der Waals surface area (Å²) in [6.45, 7) is 0.667. The lowest BCUT2D eigenvalue weighted by molar-refractivity contribution is -0.131. The summed E-state index contributed by atoms with van der Waals surface area (Å²) in [5.74, 6) is -0.868. The molecule has 0 saturated carbocycles. The maximum absolute atomic E-state index is 10.3. The standard InChI is InChI=1S/C13H22N2O2/c1-15-11-4-2-5-12(15)9-10(8-11)14-7-3-6-13(16)17/h3,6,10-12,14H,2,4-5,7-9H2,1H3,(H,16,17)/b6-3+. The molecule has 2 bridgehead atoms. The molecule has 0 aliphatic carbocycles. The number of aliphatic carboxylic acids is 1. The highest BCUT2D eigenvalue weighted by molar-refractivity contribution is 5.79. The summed E-state index contributed by atoms with van der Waals surface area (Å²) in [6, 6.07) is 2.01. The summed E-state index contributed by atoms with van der Waals surface area (Å²) >= 11 is 0. The van der Waals surface area contributed by atoms with E-state index in [4.69, 9.17) is 5.11 Å². The van der Waals surface area contributed by atoms with E-state index in [1.807, 2.05) is 0 Å². The lowest BCUT2D eigenvalue weighted by Crippen LogP contribution is -2.54. The molecule has 2 saturated heterocycles. The van der Waals surface area contributed by atoms with Crippen molar-refractivity contribution in [3.8, 4) is 0 Å². The summed E-state index contributed by atoms with van der Waals surface area (Å²) in [4.78, 5) is 12.9. The van der Waals surface area contributed by atoms with E-state index in [9.17, 15) is 4.79 Å². The SMILES string of the molecule is CN1C2CCCC1CC(NC/C=C/C(=O)O)C2. The van der Waals surface area contributed by atoms with Gasteiger partial charge in [-0.15, -0.1) is 0 Å². The number of hydrogen-bond acceptors (Lipinski definition) is 3. The van der Waals surface area contributed by atoms with Crippen LogP contribution in [0.1, 0.15) is 32.1 Å². The number of piperidine rings is 2. The molecule has 0 aromatic heterocycles. The van der Waals surface area contributed by atoms with E-state index in [0.717, 1.165) is 12.1 Å². The van der Waals surface area contributed by atoms with Crippen molar-refractivity contribution in [2.45, 2.75) is 50.2 Å². The Hall–Kier alpha value is -0.870. The van der Waals surface area contributed by atoms with Crippen LogP contribution < -0.4 is 5.32 Å². The first-order valence-electron chi connectivity index (χ1n) is 6.51. The predicted octanol–water partition coefficient (Wildman–Crippen LogP) is 1.23. The second kappa shape index (κ2) is 5.65. The maximum atomic E-state index is 10.3. The molecule has 0 radical (unpaired) electrons. The Labute approximate surface area is 103 Å². The Bertz CT molecular complexity index is 290. The van der Waals surface area contributed by atoms with Gasteiger partial charge in [-0.2, -0.15) is 0 Å². The molecule has 2 atom stereocenters. The van der Waals surface area contributed by atoms with Crippen molar-refractivity contribution < 1.29 is 9.90 Å². The monoisotopic (exact) mass is 238 g/mol. The number of carboxylic acids is 1. The fraction of sp³-hybridized carbons (Fsp3) is 0.769. The van der Waals surface area contributed by atoms with Crippen LogP contribution in [-0.2, 0) is 4.79 Å². The van der Waals surface area contributed by atoms with Gasteiger partial charge in [-0.1, -0.05) is 12.5 Å². The highest BCUT2D eigenvalue weighted by Crippen LogP contribution is 2.32. The van der Waals surface area contributed by atoms with E-state index in [1.54, 1.807) is 6.08 Å². The molecule has 0 aromatic carbocycles. The quantitative estimate of drug-likeness (QED) is 0.723. The average molecular weight is 238 g/mol. The Balaban J connectivity index is 1.78. The molecule has 2 unspecified atom stereocenters. The second-order valence-electron chi connectivity index (χ2n) is 5.22. The molecule has 0 amide bonds. The maximum Gasteiger partial charge on any atom is 0.328 e. The van der Waals surface area contributed by atoms with Crippen molar-refractivity contribution in [1.29, 1.82) is 0 Å². The normalized spacial score (nSPS) is 34.1. The minimum absolute atomic E-state index is 0.556. The zero-order chi connectivity index (χ0) is 12.3. The van der Waals surface area contributed by atoms with E-state index in [2.05, 4.69) is 17.3 Å². The largest absolute Gasteiger partial charge is 0.478 e. The fourth-order valence-corrected chi connectivity index (χ4v) is 3.18. The number of fused-ring (bicyclic) bond motifs is 2. The van der Waals surface area contributed by atoms with Crippen LogP contribution in [0.3, 0.4) is 0 Å². The van der Waals surface area contributed by atoms with Gasteiger partial charge in [0.1, 0.15) is 0 Å². The van der Waals surface area contributed by atoms with Crippen LogP contribution in [0.4, 0.5) is 0 Å². The third kappa shape index (κ3) is 3.30. The highest BCUT2D eigenvalue weighted by atomic mass is 16.4. The van der Waals surface area contributed by atoms with Crippen LogP contribution in [0.25, 0.3) is 0 Å². The van der Waals surface area contributed by atoms with Gasteiger partial charge in [0.05, 0.1) is 0 Å². The molecule has 0 spiro atoms. The topological polar surface area (TPSA) is 52.6 Å². The summed E-state index contributed by atoms with van der Waals surface area (Å²) in [6.07, 6.45) is 9.30. The van der Waals surface area contributed by atoms with E-state index in [0.29, 0.717) is 12.6 Å². The molecule has 17 heavy (non-hydrogen) atoms. The third-order valence-electron chi connectivity index (χ3n) is 4.12. The van der Waals surface area contributed by atoms with Crippen molar-refractivity contribution in [2.75, 3.05) is 13.6 Å². The van der Waals surface area contributed by atoms with Gasteiger partial charge >= 0.3 is 5.97 Å². The zero-order valence-corrected chi connectivity index (χ0v) is 10.4. The van der Waals surface area contributed by atoms with Gasteiger partial charge in [0.2, 0.25) is 0 Å². The number of rotatable bonds is 4. The van der Waals surface area contributed by atoms with Gasteiger partial charge in [0.25, 0.3) is 0 Å². The van der Waals surface area contributed by atoms with Crippen molar-refractivity contribution >= 4 is 5.97 Å². The molecule has 0 aromatic rings. The minimum atomic E-state index is -0.868.